The molecule has 4 rings (SSSR count). The van der Waals surface area contributed by atoms with Crippen LogP contribution in [0.1, 0.15) is 12.6 Å². The molecule has 0 unspecified atom stereocenters. The lowest BCUT2D eigenvalue weighted by atomic mass is 10.1. The Morgan fingerprint density at radius 3 is 2.87 bits per heavy atom. The lowest BCUT2D eigenvalue weighted by Gasteiger charge is -2.21. The number of aromatic nitrogens is 1. The second-order valence-corrected chi connectivity index (χ2v) is 6.75. The van der Waals surface area contributed by atoms with Gasteiger partial charge in [-0.05, 0) is 18.7 Å². The Morgan fingerprint density at radius 2 is 1.96 bits per heavy atom. The molecular weight excluding hydrogens is 286 g/mol. The van der Waals surface area contributed by atoms with Gasteiger partial charge >= 0.3 is 0 Å². The standard InChI is InChI=1S/C19H25N3O/c1-2-21-9-10-23-19-14-22(12-16(19)11-21)13-17-8-7-15-5-3-4-6-18(15)20-17/h3-8,16,19H,2,9-14H2,1H3/t16-,19+/m1/s1. The smallest absolute Gasteiger partial charge is 0.0755 e. The number of likely N-dealkylation sites (tertiary alicyclic amines) is 1. The second-order valence-electron chi connectivity index (χ2n) is 6.75. The highest BCUT2D eigenvalue weighted by atomic mass is 16.5. The summed E-state index contributed by atoms with van der Waals surface area (Å²) in [6.07, 6.45) is 0.395. The monoisotopic (exact) mass is 311 g/mol. The fourth-order valence-electron chi connectivity index (χ4n) is 3.89. The molecule has 0 aliphatic carbocycles. The van der Waals surface area contributed by atoms with Crippen molar-refractivity contribution in [1.29, 1.82) is 0 Å². The van der Waals surface area contributed by atoms with Crippen LogP contribution in [-0.2, 0) is 11.3 Å². The summed E-state index contributed by atoms with van der Waals surface area (Å²) in [5.41, 5.74) is 2.25. The minimum atomic E-state index is 0.395. The fourth-order valence-corrected chi connectivity index (χ4v) is 3.89. The largest absolute Gasteiger partial charge is 0.375 e. The summed E-state index contributed by atoms with van der Waals surface area (Å²) in [6, 6.07) is 12.7. The average Bonchev–Trinajstić information content (AvgIpc) is 2.84. The highest BCUT2D eigenvalue weighted by molar-refractivity contribution is 5.78. The summed E-state index contributed by atoms with van der Waals surface area (Å²) in [5, 5.41) is 1.21. The Bertz CT molecular complexity index is 674. The van der Waals surface area contributed by atoms with Crippen molar-refractivity contribution in [2.45, 2.75) is 19.6 Å². The third-order valence-corrected chi connectivity index (χ3v) is 5.18. The summed E-state index contributed by atoms with van der Waals surface area (Å²) in [5.74, 6) is 0.637. The first-order chi connectivity index (χ1) is 11.3. The van der Waals surface area contributed by atoms with Crippen molar-refractivity contribution in [2.75, 3.05) is 39.3 Å². The van der Waals surface area contributed by atoms with E-state index in [0.29, 0.717) is 12.0 Å². The molecule has 2 atom stereocenters. The van der Waals surface area contributed by atoms with Crippen molar-refractivity contribution in [3.8, 4) is 0 Å². The molecule has 0 N–H and O–H groups in total. The van der Waals surface area contributed by atoms with Crippen LogP contribution in [0.15, 0.2) is 36.4 Å². The van der Waals surface area contributed by atoms with E-state index in [9.17, 15) is 0 Å². The van der Waals surface area contributed by atoms with Crippen molar-refractivity contribution in [1.82, 2.24) is 14.8 Å². The summed E-state index contributed by atoms with van der Waals surface area (Å²) < 4.78 is 6.09. The number of nitrogens with zero attached hydrogens (tertiary/aromatic N) is 3. The first-order valence-electron chi connectivity index (χ1n) is 8.73. The van der Waals surface area contributed by atoms with Gasteiger partial charge in [0.2, 0.25) is 0 Å². The highest BCUT2D eigenvalue weighted by Crippen LogP contribution is 2.25. The number of rotatable bonds is 3. The molecule has 122 valence electrons. The predicted octanol–water partition coefficient (Wildman–Crippen LogP) is 2.39. The van der Waals surface area contributed by atoms with Crippen molar-refractivity contribution >= 4 is 10.9 Å². The number of ether oxygens (including phenoxy) is 1. The summed E-state index contributed by atoms with van der Waals surface area (Å²) in [4.78, 5) is 9.83. The molecule has 2 fully saturated rings. The van der Waals surface area contributed by atoms with Gasteiger partial charge in [-0.3, -0.25) is 9.88 Å². The molecule has 0 saturated carbocycles. The van der Waals surface area contributed by atoms with Gasteiger partial charge < -0.3 is 9.64 Å². The molecule has 1 aromatic heterocycles. The maximum atomic E-state index is 6.09. The van der Waals surface area contributed by atoms with Crippen molar-refractivity contribution in [3.05, 3.63) is 42.1 Å². The third kappa shape index (κ3) is 3.25. The van der Waals surface area contributed by atoms with Gasteiger partial charge in [-0.1, -0.05) is 31.2 Å². The van der Waals surface area contributed by atoms with E-state index in [1.165, 1.54) is 11.9 Å². The van der Waals surface area contributed by atoms with Crippen LogP contribution in [0.5, 0.6) is 0 Å². The van der Waals surface area contributed by atoms with Crippen LogP contribution in [0.4, 0.5) is 0 Å². The molecule has 2 aliphatic heterocycles. The van der Waals surface area contributed by atoms with Crippen molar-refractivity contribution in [3.63, 3.8) is 0 Å². The molecule has 0 spiro atoms. The van der Waals surface area contributed by atoms with Crippen LogP contribution in [0.25, 0.3) is 10.9 Å². The number of pyridine rings is 1. The van der Waals surface area contributed by atoms with E-state index < -0.39 is 0 Å². The van der Waals surface area contributed by atoms with E-state index in [-0.39, 0.29) is 0 Å². The van der Waals surface area contributed by atoms with Crippen LogP contribution in [0.2, 0.25) is 0 Å². The van der Waals surface area contributed by atoms with Crippen LogP contribution in [0, 0.1) is 5.92 Å². The van der Waals surface area contributed by atoms with E-state index in [2.05, 4.69) is 53.1 Å². The van der Waals surface area contributed by atoms with Gasteiger partial charge in [-0.15, -0.1) is 0 Å². The van der Waals surface area contributed by atoms with Gasteiger partial charge in [0.1, 0.15) is 0 Å². The predicted molar refractivity (Wildman–Crippen MR) is 92.4 cm³/mol. The van der Waals surface area contributed by atoms with Crippen LogP contribution in [-0.4, -0.2) is 60.2 Å². The van der Waals surface area contributed by atoms with Crippen LogP contribution < -0.4 is 0 Å². The number of hydrogen-bond donors (Lipinski definition) is 0. The van der Waals surface area contributed by atoms with E-state index in [1.54, 1.807) is 0 Å². The number of para-hydroxylation sites is 1. The van der Waals surface area contributed by atoms with Gasteiger partial charge in [-0.25, -0.2) is 0 Å². The van der Waals surface area contributed by atoms with E-state index in [4.69, 9.17) is 9.72 Å². The fraction of sp³-hybridized carbons (Fsp3) is 0.526. The van der Waals surface area contributed by atoms with Gasteiger partial charge in [0.15, 0.2) is 0 Å². The maximum Gasteiger partial charge on any atom is 0.0755 e. The second kappa shape index (κ2) is 6.56. The molecular formula is C19H25N3O. The quantitative estimate of drug-likeness (QED) is 0.870. The van der Waals surface area contributed by atoms with Gasteiger partial charge in [0.25, 0.3) is 0 Å². The zero-order valence-corrected chi connectivity index (χ0v) is 13.8. The molecule has 2 aliphatic rings. The van der Waals surface area contributed by atoms with Crippen molar-refractivity contribution in [2.24, 2.45) is 5.92 Å². The molecule has 2 aromatic rings. The first-order valence-corrected chi connectivity index (χ1v) is 8.73. The lowest BCUT2D eigenvalue weighted by molar-refractivity contribution is 0.0511. The Morgan fingerprint density at radius 1 is 1.09 bits per heavy atom. The van der Waals surface area contributed by atoms with E-state index in [0.717, 1.165) is 50.5 Å². The van der Waals surface area contributed by atoms with Crippen LogP contribution >= 0.6 is 0 Å². The average molecular weight is 311 g/mol. The van der Waals surface area contributed by atoms with E-state index in [1.807, 2.05) is 0 Å². The Labute approximate surface area is 138 Å². The lowest BCUT2D eigenvalue weighted by Crippen LogP contribution is -2.32. The van der Waals surface area contributed by atoms with E-state index >= 15 is 0 Å². The van der Waals surface area contributed by atoms with Crippen LogP contribution in [0.3, 0.4) is 0 Å². The molecule has 3 heterocycles. The minimum Gasteiger partial charge on any atom is -0.375 e. The zero-order chi connectivity index (χ0) is 15.6. The topological polar surface area (TPSA) is 28.6 Å². The summed E-state index contributed by atoms with van der Waals surface area (Å²) in [6.45, 7) is 9.57. The first kappa shape index (κ1) is 15.1. The molecule has 4 heteroatoms. The number of hydrogen-bond acceptors (Lipinski definition) is 4. The number of benzene rings is 1. The molecule has 0 amide bonds. The highest BCUT2D eigenvalue weighted by Gasteiger charge is 2.36. The van der Waals surface area contributed by atoms with Crippen molar-refractivity contribution < 1.29 is 4.74 Å². The summed E-state index contributed by atoms with van der Waals surface area (Å²) in [7, 11) is 0. The van der Waals surface area contributed by atoms with Gasteiger partial charge in [0.05, 0.1) is 23.9 Å². The Kier molecular flexibility index (Phi) is 4.29. The Hall–Kier alpha value is -1.49. The van der Waals surface area contributed by atoms with Gasteiger partial charge in [0, 0.05) is 44.0 Å². The summed E-state index contributed by atoms with van der Waals surface area (Å²) >= 11 is 0. The minimum absolute atomic E-state index is 0.395. The number of likely N-dealkylation sites (N-methyl/N-ethyl adjacent to an activating group) is 1. The maximum absolute atomic E-state index is 6.09. The Balaban J connectivity index is 1.45. The third-order valence-electron chi connectivity index (χ3n) is 5.18. The zero-order valence-electron chi connectivity index (χ0n) is 13.8. The normalized spacial score (nSPS) is 26.3. The molecule has 0 radical (unpaired) electrons. The molecule has 4 nitrogen and oxygen atoms in total. The van der Waals surface area contributed by atoms with Gasteiger partial charge in [-0.2, -0.15) is 0 Å². The molecule has 1 aromatic carbocycles. The molecule has 0 bridgehead atoms. The SMILES string of the molecule is CCN1CCO[C@H]2CN(Cc3ccc4ccccc4n3)C[C@H]2C1. The molecule has 23 heavy (non-hydrogen) atoms. The number of fused-ring (bicyclic) bond motifs is 2. The molecule has 2 saturated heterocycles.